The van der Waals surface area contributed by atoms with Crippen molar-refractivity contribution < 1.29 is 19.5 Å². The molecule has 0 saturated carbocycles. The number of halogens is 2. The first kappa shape index (κ1) is 23.6. The van der Waals surface area contributed by atoms with E-state index in [-0.39, 0.29) is 37.2 Å². The van der Waals surface area contributed by atoms with Crippen molar-refractivity contribution in [3.8, 4) is 0 Å². The van der Waals surface area contributed by atoms with Crippen molar-refractivity contribution in [1.82, 2.24) is 14.7 Å². The third-order valence-corrected chi connectivity index (χ3v) is 6.35. The van der Waals surface area contributed by atoms with Crippen LogP contribution in [0, 0.1) is 0 Å². The standard InChI is InChI=1S/C22H27Cl2N3O4/c1-22(31)8-2-9-27(15-22)21(30)14-26-12-11-25(10-7-20(26)29)19(28)6-4-16-3-5-17(23)18(24)13-16/h3-6,13,31H,2,7-12,14-15H2,1H3/b6-4+. The lowest BCUT2D eigenvalue weighted by Gasteiger charge is -2.37. The monoisotopic (exact) mass is 467 g/mol. The van der Waals surface area contributed by atoms with E-state index >= 15 is 0 Å². The maximum absolute atomic E-state index is 12.6. The van der Waals surface area contributed by atoms with Crippen molar-refractivity contribution in [3.05, 3.63) is 39.9 Å². The minimum atomic E-state index is -0.888. The second kappa shape index (κ2) is 10.0. The topological polar surface area (TPSA) is 81.2 Å². The van der Waals surface area contributed by atoms with Crippen molar-refractivity contribution in [2.75, 3.05) is 39.3 Å². The number of benzene rings is 1. The SMILES string of the molecule is CC1(O)CCCN(C(=O)CN2CCN(C(=O)/C=C/c3ccc(Cl)c(Cl)c3)CCC2=O)C1. The van der Waals surface area contributed by atoms with E-state index in [4.69, 9.17) is 23.2 Å². The molecule has 0 radical (unpaired) electrons. The summed E-state index contributed by atoms with van der Waals surface area (Å²) in [6.45, 7) is 3.49. The molecule has 1 aromatic rings. The molecule has 2 aliphatic heterocycles. The number of hydrogen-bond donors (Lipinski definition) is 1. The van der Waals surface area contributed by atoms with Crippen molar-refractivity contribution in [1.29, 1.82) is 0 Å². The summed E-state index contributed by atoms with van der Waals surface area (Å²) >= 11 is 11.9. The summed E-state index contributed by atoms with van der Waals surface area (Å²) in [5.41, 5.74) is -0.140. The van der Waals surface area contributed by atoms with Crippen LogP contribution in [-0.2, 0) is 14.4 Å². The highest BCUT2D eigenvalue weighted by molar-refractivity contribution is 6.42. The van der Waals surface area contributed by atoms with Gasteiger partial charge in [-0.05, 0) is 43.5 Å². The Morgan fingerprint density at radius 2 is 1.90 bits per heavy atom. The number of likely N-dealkylation sites (tertiary alicyclic amines) is 1. The first-order valence-electron chi connectivity index (χ1n) is 10.3. The van der Waals surface area contributed by atoms with E-state index in [0.717, 1.165) is 12.0 Å². The molecule has 2 aliphatic rings. The summed E-state index contributed by atoms with van der Waals surface area (Å²) in [4.78, 5) is 42.4. The van der Waals surface area contributed by atoms with E-state index in [2.05, 4.69) is 0 Å². The zero-order valence-corrected chi connectivity index (χ0v) is 19.0. The Hall–Kier alpha value is -2.09. The summed E-state index contributed by atoms with van der Waals surface area (Å²) < 4.78 is 0. The minimum Gasteiger partial charge on any atom is -0.388 e. The molecule has 1 N–H and O–H groups in total. The molecule has 2 saturated heterocycles. The highest BCUT2D eigenvalue weighted by Gasteiger charge is 2.32. The maximum Gasteiger partial charge on any atom is 0.246 e. The lowest BCUT2D eigenvalue weighted by atomic mass is 9.95. The Kier molecular flexibility index (Phi) is 7.62. The molecule has 3 rings (SSSR count). The van der Waals surface area contributed by atoms with Crippen LogP contribution in [0.4, 0.5) is 0 Å². The van der Waals surface area contributed by atoms with E-state index in [1.807, 2.05) is 0 Å². The largest absolute Gasteiger partial charge is 0.388 e. The summed E-state index contributed by atoms with van der Waals surface area (Å²) in [6, 6.07) is 5.09. The van der Waals surface area contributed by atoms with Crippen LogP contribution in [0.25, 0.3) is 6.08 Å². The van der Waals surface area contributed by atoms with E-state index in [1.165, 1.54) is 11.0 Å². The number of rotatable bonds is 4. The molecule has 168 valence electrons. The smallest absolute Gasteiger partial charge is 0.246 e. The maximum atomic E-state index is 12.6. The van der Waals surface area contributed by atoms with Gasteiger partial charge in [-0.3, -0.25) is 14.4 Å². The van der Waals surface area contributed by atoms with Gasteiger partial charge in [0.1, 0.15) is 0 Å². The third-order valence-electron chi connectivity index (χ3n) is 5.62. The minimum absolute atomic E-state index is 0.0317. The molecule has 2 heterocycles. The molecule has 0 spiro atoms. The fraction of sp³-hybridized carbons (Fsp3) is 0.500. The molecule has 0 aliphatic carbocycles. The summed E-state index contributed by atoms with van der Waals surface area (Å²) in [5.74, 6) is -0.535. The lowest BCUT2D eigenvalue weighted by molar-refractivity contribution is -0.143. The van der Waals surface area contributed by atoms with E-state index in [0.29, 0.717) is 42.6 Å². The Bertz CT molecular complexity index is 888. The number of β-amino-alcohol motifs (C(OH)–C–C–N with tert-alkyl or cyclic N) is 1. The molecule has 7 nitrogen and oxygen atoms in total. The van der Waals surface area contributed by atoms with Crippen LogP contribution in [0.5, 0.6) is 0 Å². The summed E-state index contributed by atoms with van der Waals surface area (Å²) in [5, 5.41) is 11.1. The van der Waals surface area contributed by atoms with Crippen LogP contribution < -0.4 is 0 Å². The molecule has 1 atom stereocenters. The van der Waals surface area contributed by atoms with Crippen LogP contribution in [0.2, 0.25) is 10.0 Å². The van der Waals surface area contributed by atoms with Gasteiger partial charge in [0.25, 0.3) is 0 Å². The predicted molar refractivity (Wildman–Crippen MR) is 120 cm³/mol. The van der Waals surface area contributed by atoms with Crippen LogP contribution >= 0.6 is 23.2 Å². The molecule has 0 bridgehead atoms. The van der Waals surface area contributed by atoms with Gasteiger partial charge in [-0.1, -0.05) is 29.3 Å². The van der Waals surface area contributed by atoms with Gasteiger partial charge in [-0.15, -0.1) is 0 Å². The Balaban J connectivity index is 1.56. The second-order valence-electron chi connectivity index (χ2n) is 8.31. The van der Waals surface area contributed by atoms with Gasteiger partial charge in [0, 0.05) is 45.2 Å². The lowest BCUT2D eigenvalue weighted by Crippen LogP contribution is -2.52. The summed E-state index contributed by atoms with van der Waals surface area (Å²) in [7, 11) is 0. The Morgan fingerprint density at radius 3 is 2.61 bits per heavy atom. The number of piperidine rings is 1. The van der Waals surface area contributed by atoms with Crippen LogP contribution in [-0.4, -0.2) is 82.4 Å². The zero-order valence-electron chi connectivity index (χ0n) is 17.5. The Morgan fingerprint density at radius 1 is 1.13 bits per heavy atom. The van der Waals surface area contributed by atoms with E-state index in [9.17, 15) is 19.5 Å². The van der Waals surface area contributed by atoms with Crippen molar-refractivity contribution in [3.63, 3.8) is 0 Å². The molecule has 1 unspecified atom stereocenters. The van der Waals surface area contributed by atoms with Gasteiger partial charge in [-0.25, -0.2) is 0 Å². The molecule has 9 heteroatoms. The zero-order chi connectivity index (χ0) is 22.6. The van der Waals surface area contributed by atoms with Gasteiger partial charge < -0.3 is 19.8 Å². The number of aliphatic hydroxyl groups is 1. The van der Waals surface area contributed by atoms with Gasteiger partial charge >= 0.3 is 0 Å². The second-order valence-corrected chi connectivity index (χ2v) is 9.13. The summed E-state index contributed by atoms with van der Waals surface area (Å²) in [6.07, 6.45) is 4.66. The fourth-order valence-corrected chi connectivity index (χ4v) is 4.15. The molecule has 31 heavy (non-hydrogen) atoms. The van der Waals surface area contributed by atoms with Crippen molar-refractivity contribution in [2.45, 2.75) is 31.8 Å². The third kappa shape index (κ3) is 6.45. The highest BCUT2D eigenvalue weighted by atomic mass is 35.5. The highest BCUT2D eigenvalue weighted by Crippen LogP contribution is 2.23. The number of amides is 3. The predicted octanol–water partition coefficient (Wildman–Crippen LogP) is 2.44. The van der Waals surface area contributed by atoms with Crippen molar-refractivity contribution in [2.24, 2.45) is 0 Å². The molecular weight excluding hydrogens is 441 g/mol. The van der Waals surface area contributed by atoms with Gasteiger partial charge in [0.15, 0.2) is 0 Å². The fourth-order valence-electron chi connectivity index (χ4n) is 3.84. The first-order chi connectivity index (χ1) is 14.6. The molecular formula is C22H27Cl2N3O4. The normalized spacial score (nSPS) is 22.7. The molecule has 2 fully saturated rings. The van der Waals surface area contributed by atoms with Crippen LogP contribution in [0.3, 0.4) is 0 Å². The number of carbonyl (C=O) groups is 3. The average Bonchev–Trinajstić information content (AvgIpc) is 2.90. The van der Waals surface area contributed by atoms with Gasteiger partial charge in [0.05, 0.1) is 22.2 Å². The van der Waals surface area contributed by atoms with E-state index in [1.54, 1.807) is 41.0 Å². The number of nitrogens with zero attached hydrogens (tertiary/aromatic N) is 3. The number of hydrogen-bond acceptors (Lipinski definition) is 4. The molecule has 3 amide bonds. The van der Waals surface area contributed by atoms with Crippen LogP contribution in [0.1, 0.15) is 31.7 Å². The van der Waals surface area contributed by atoms with Gasteiger partial charge in [-0.2, -0.15) is 0 Å². The quantitative estimate of drug-likeness (QED) is 0.689. The Labute approximate surface area is 192 Å². The molecule has 0 aromatic heterocycles. The first-order valence-corrected chi connectivity index (χ1v) is 11.1. The van der Waals surface area contributed by atoms with E-state index < -0.39 is 5.60 Å². The van der Waals surface area contributed by atoms with Crippen LogP contribution in [0.15, 0.2) is 24.3 Å². The van der Waals surface area contributed by atoms with Gasteiger partial charge in [0.2, 0.25) is 17.7 Å². The molecule has 1 aromatic carbocycles. The van der Waals surface area contributed by atoms with Crippen molar-refractivity contribution >= 4 is 47.0 Å². The average molecular weight is 468 g/mol. The number of carbonyl (C=O) groups excluding carboxylic acids is 3.